The first-order valence-electron chi connectivity index (χ1n) is 11.4. The Bertz CT molecular complexity index is 1230. The minimum absolute atomic E-state index is 0.0479. The van der Waals surface area contributed by atoms with Crippen LogP contribution in [0, 0.1) is 5.92 Å². The lowest BCUT2D eigenvalue weighted by Crippen LogP contribution is -2.48. The van der Waals surface area contributed by atoms with Crippen molar-refractivity contribution in [1.29, 1.82) is 0 Å². The van der Waals surface area contributed by atoms with Gasteiger partial charge in [0.05, 0.1) is 4.88 Å². The Labute approximate surface area is 201 Å². The molecule has 174 valence electrons. The van der Waals surface area contributed by atoms with Crippen molar-refractivity contribution >= 4 is 28.9 Å². The van der Waals surface area contributed by atoms with E-state index in [1.54, 1.807) is 18.5 Å². The first-order valence-corrected chi connectivity index (χ1v) is 12.3. The quantitative estimate of drug-likeness (QED) is 0.428. The lowest BCUT2D eigenvalue weighted by molar-refractivity contribution is 0.0519. The molecule has 1 fully saturated rings. The number of aromatic nitrogens is 4. The largest absolute Gasteiger partial charge is 0.337 e. The molecule has 4 heterocycles. The van der Waals surface area contributed by atoms with Crippen LogP contribution >= 0.6 is 11.3 Å². The van der Waals surface area contributed by atoms with E-state index < -0.39 is 0 Å². The van der Waals surface area contributed by atoms with Crippen LogP contribution in [0.3, 0.4) is 0 Å². The molecule has 1 unspecified atom stereocenters. The number of amides is 2. The van der Waals surface area contributed by atoms with Gasteiger partial charge in [0, 0.05) is 38.6 Å². The third-order valence-corrected chi connectivity index (χ3v) is 7.37. The lowest BCUT2D eigenvalue weighted by atomic mass is 9.85. The highest BCUT2D eigenvalue weighted by Gasteiger charge is 2.34. The summed E-state index contributed by atoms with van der Waals surface area (Å²) >= 11 is 1.47. The molecule has 4 aromatic rings. The van der Waals surface area contributed by atoms with E-state index in [0.29, 0.717) is 18.9 Å². The van der Waals surface area contributed by atoms with E-state index in [-0.39, 0.29) is 29.6 Å². The number of carbonyl (C=O) groups is 2. The van der Waals surface area contributed by atoms with Crippen molar-refractivity contribution < 1.29 is 9.59 Å². The maximum atomic E-state index is 13.2. The third-order valence-electron chi connectivity index (χ3n) is 6.52. The maximum Gasteiger partial charge on any atom is 0.293 e. The van der Waals surface area contributed by atoms with Gasteiger partial charge in [-0.3, -0.25) is 9.59 Å². The second-order valence-corrected chi connectivity index (χ2v) is 9.53. The Morgan fingerprint density at radius 1 is 1.12 bits per heavy atom. The van der Waals surface area contributed by atoms with Crippen LogP contribution in [-0.2, 0) is 6.42 Å². The van der Waals surface area contributed by atoms with Gasteiger partial charge in [-0.15, -0.1) is 16.4 Å². The minimum atomic E-state index is -0.174. The van der Waals surface area contributed by atoms with E-state index in [1.165, 1.54) is 21.4 Å². The van der Waals surface area contributed by atoms with E-state index in [0.717, 1.165) is 24.1 Å². The molecule has 5 rings (SSSR count). The molecule has 2 amide bonds. The van der Waals surface area contributed by atoms with Gasteiger partial charge in [0.2, 0.25) is 5.82 Å². The molecule has 1 aromatic carbocycles. The molecule has 3 aromatic heterocycles. The molecule has 0 radical (unpaired) electrons. The van der Waals surface area contributed by atoms with Gasteiger partial charge in [0.15, 0.2) is 0 Å². The van der Waals surface area contributed by atoms with Crippen molar-refractivity contribution in [1.82, 2.24) is 29.4 Å². The van der Waals surface area contributed by atoms with Gasteiger partial charge in [-0.2, -0.15) is 4.98 Å². The van der Waals surface area contributed by atoms with Crippen molar-refractivity contribution in [2.75, 3.05) is 20.1 Å². The monoisotopic (exact) mass is 474 g/mol. The van der Waals surface area contributed by atoms with Crippen molar-refractivity contribution in [2.24, 2.45) is 5.92 Å². The number of hydrogen-bond donors (Lipinski definition) is 0. The SMILES string of the molecule is CN(C(=O)c1cccs1)C(Cc1ccccc1)C1CCN(C(=O)c2nc3ncccn3n2)CC1. The normalized spacial score (nSPS) is 15.4. The first-order chi connectivity index (χ1) is 16.6. The fourth-order valence-electron chi connectivity index (χ4n) is 4.65. The molecular formula is C25H26N6O2S. The van der Waals surface area contributed by atoms with Gasteiger partial charge < -0.3 is 9.80 Å². The fourth-order valence-corrected chi connectivity index (χ4v) is 5.36. The van der Waals surface area contributed by atoms with Gasteiger partial charge in [-0.25, -0.2) is 9.50 Å². The number of carbonyl (C=O) groups excluding carboxylic acids is 2. The number of thiophene rings is 1. The van der Waals surface area contributed by atoms with Gasteiger partial charge in [0.1, 0.15) is 0 Å². The van der Waals surface area contributed by atoms with Crippen LogP contribution in [0.15, 0.2) is 66.3 Å². The Kier molecular flexibility index (Phi) is 6.35. The van der Waals surface area contributed by atoms with Crippen LogP contribution in [-0.4, -0.2) is 67.4 Å². The zero-order chi connectivity index (χ0) is 23.5. The molecular weight excluding hydrogens is 448 g/mol. The summed E-state index contributed by atoms with van der Waals surface area (Å²) in [6, 6.07) is 15.9. The summed E-state index contributed by atoms with van der Waals surface area (Å²) in [7, 11) is 1.90. The number of nitrogens with zero attached hydrogens (tertiary/aromatic N) is 6. The average molecular weight is 475 g/mol. The summed E-state index contributed by atoms with van der Waals surface area (Å²) < 4.78 is 1.51. The fraction of sp³-hybridized carbons (Fsp3) is 0.320. The van der Waals surface area contributed by atoms with Crippen molar-refractivity contribution in [3.8, 4) is 0 Å². The number of likely N-dealkylation sites (tertiary alicyclic amines) is 1. The number of fused-ring (bicyclic) bond motifs is 1. The lowest BCUT2D eigenvalue weighted by Gasteiger charge is -2.39. The first kappa shape index (κ1) is 22.2. The van der Waals surface area contributed by atoms with Crippen molar-refractivity contribution in [3.63, 3.8) is 0 Å². The standard InChI is InChI=1S/C25H26N6O2S/c1-29(23(32)21-9-5-16-34-21)20(17-18-7-3-2-4-8-18)19-10-14-30(15-11-19)24(33)22-27-25-26-12-6-13-31(25)28-22/h2-9,12-13,16,19-20H,10-11,14-15,17H2,1H3. The Morgan fingerprint density at radius 2 is 1.91 bits per heavy atom. The zero-order valence-electron chi connectivity index (χ0n) is 18.9. The third kappa shape index (κ3) is 4.56. The highest BCUT2D eigenvalue weighted by Crippen LogP contribution is 2.28. The van der Waals surface area contributed by atoms with Crippen molar-refractivity contribution in [3.05, 3.63) is 82.6 Å². The summed E-state index contributed by atoms with van der Waals surface area (Å²) in [6.07, 6.45) is 5.78. The highest BCUT2D eigenvalue weighted by molar-refractivity contribution is 7.12. The number of benzene rings is 1. The van der Waals surface area contributed by atoms with E-state index in [4.69, 9.17) is 0 Å². The number of likely N-dealkylation sites (N-methyl/N-ethyl adjacent to an activating group) is 1. The second-order valence-electron chi connectivity index (χ2n) is 8.58. The van der Waals surface area contributed by atoms with Gasteiger partial charge in [-0.05, 0) is 48.3 Å². The summed E-state index contributed by atoms with van der Waals surface area (Å²) in [5, 5.41) is 6.21. The molecule has 9 heteroatoms. The van der Waals surface area contributed by atoms with E-state index in [1.807, 2.05) is 52.6 Å². The predicted octanol–water partition coefficient (Wildman–Crippen LogP) is 3.42. The topological polar surface area (TPSA) is 83.7 Å². The summed E-state index contributed by atoms with van der Waals surface area (Å²) in [6.45, 7) is 1.22. The highest BCUT2D eigenvalue weighted by atomic mass is 32.1. The molecule has 0 spiro atoms. The van der Waals surface area contributed by atoms with Crippen LogP contribution in [0.4, 0.5) is 0 Å². The number of rotatable bonds is 6. The van der Waals surface area contributed by atoms with Gasteiger partial charge in [0.25, 0.3) is 17.6 Å². The van der Waals surface area contributed by atoms with Crippen LogP contribution in [0.5, 0.6) is 0 Å². The molecule has 34 heavy (non-hydrogen) atoms. The van der Waals surface area contributed by atoms with Crippen molar-refractivity contribution in [2.45, 2.75) is 25.3 Å². The Balaban J connectivity index is 1.30. The van der Waals surface area contributed by atoms with E-state index in [9.17, 15) is 9.59 Å². The minimum Gasteiger partial charge on any atom is -0.337 e. The van der Waals surface area contributed by atoms with Crippen LogP contribution in [0.2, 0.25) is 0 Å². The molecule has 0 bridgehead atoms. The molecule has 1 saturated heterocycles. The van der Waals surface area contributed by atoms with Crippen LogP contribution in [0.1, 0.15) is 38.7 Å². The molecule has 1 aliphatic rings. The molecule has 0 saturated carbocycles. The van der Waals surface area contributed by atoms with Gasteiger partial charge >= 0.3 is 0 Å². The molecule has 0 N–H and O–H groups in total. The maximum absolute atomic E-state index is 13.2. The van der Waals surface area contributed by atoms with E-state index >= 15 is 0 Å². The Morgan fingerprint density at radius 3 is 2.62 bits per heavy atom. The summed E-state index contributed by atoms with van der Waals surface area (Å²) in [5.74, 6) is 0.747. The number of piperidine rings is 1. The average Bonchev–Trinajstić information content (AvgIpc) is 3.57. The van der Waals surface area contributed by atoms with Crippen LogP contribution in [0.25, 0.3) is 5.78 Å². The second kappa shape index (κ2) is 9.72. The van der Waals surface area contributed by atoms with Crippen LogP contribution < -0.4 is 0 Å². The smallest absolute Gasteiger partial charge is 0.293 e. The Hall–Kier alpha value is -3.59. The zero-order valence-corrected chi connectivity index (χ0v) is 19.8. The van der Waals surface area contributed by atoms with Gasteiger partial charge in [-0.1, -0.05) is 36.4 Å². The summed E-state index contributed by atoms with van der Waals surface area (Å²) in [4.78, 5) is 39.1. The molecule has 1 aliphatic heterocycles. The number of hydrogen-bond acceptors (Lipinski definition) is 6. The molecule has 1 atom stereocenters. The predicted molar refractivity (Wildman–Crippen MR) is 130 cm³/mol. The molecule has 0 aliphatic carbocycles. The summed E-state index contributed by atoms with van der Waals surface area (Å²) in [5.41, 5.74) is 1.21. The van der Waals surface area contributed by atoms with E-state index in [2.05, 4.69) is 27.2 Å². The molecule has 8 nitrogen and oxygen atoms in total.